The molecule has 0 radical (unpaired) electrons. The molecule has 2 rings (SSSR count). The first-order valence-corrected chi connectivity index (χ1v) is 7.79. The lowest BCUT2D eigenvalue weighted by Gasteiger charge is -2.16. The molecule has 2 nitrogen and oxygen atoms in total. The maximum atomic E-state index is 13.5. The summed E-state index contributed by atoms with van der Waals surface area (Å²) in [7, 11) is 0. The van der Waals surface area contributed by atoms with Crippen molar-refractivity contribution in [2.45, 2.75) is 32.2 Å². The Morgan fingerprint density at radius 2 is 2.10 bits per heavy atom. The van der Waals surface area contributed by atoms with Gasteiger partial charge in [-0.05, 0) is 56.3 Å². The van der Waals surface area contributed by atoms with E-state index in [0.717, 1.165) is 37.7 Å². The van der Waals surface area contributed by atoms with E-state index in [0.29, 0.717) is 5.02 Å². The number of rotatable bonds is 8. The van der Waals surface area contributed by atoms with Crippen molar-refractivity contribution in [3.05, 3.63) is 33.6 Å². The van der Waals surface area contributed by atoms with Gasteiger partial charge in [0.1, 0.15) is 5.82 Å². The molecule has 1 aromatic carbocycles. The maximum Gasteiger partial charge on any atom is 0.142 e. The second-order valence-corrected chi connectivity index (χ2v) is 6.15. The molecular formula is C15H20Cl2FNO. The van der Waals surface area contributed by atoms with E-state index in [9.17, 15) is 4.39 Å². The zero-order valence-electron chi connectivity index (χ0n) is 11.6. The molecule has 1 aromatic rings. The second-order valence-electron chi connectivity index (χ2n) is 5.34. The predicted octanol–water partition coefficient (Wildman–Crippen LogP) is 4.60. The summed E-state index contributed by atoms with van der Waals surface area (Å²) < 4.78 is 19.0. The van der Waals surface area contributed by atoms with Crippen LogP contribution in [0.2, 0.25) is 10.0 Å². The molecule has 1 aliphatic rings. The van der Waals surface area contributed by atoms with E-state index in [4.69, 9.17) is 27.9 Å². The lowest BCUT2D eigenvalue weighted by Crippen LogP contribution is -2.21. The number of hydrogen-bond acceptors (Lipinski definition) is 2. The SMILES string of the molecule is CC(NCCCOCC1CC1)c1cc(F)c(Cl)cc1Cl. The Hall–Kier alpha value is -0.350. The summed E-state index contributed by atoms with van der Waals surface area (Å²) in [5, 5.41) is 3.86. The van der Waals surface area contributed by atoms with Crippen LogP contribution in [0.1, 0.15) is 37.8 Å². The minimum absolute atomic E-state index is 0.0160. The third-order valence-corrected chi connectivity index (χ3v) is 4.09. The molecule has 1 saturated carbocycles. The van der Waals surface area contributed by atoms with E-state index in [1.165, 1.54) is 25.0 Å². The molecule has 0 heterocycles. The Labute approximate surface area is 129 Å². The van der Waals surface area contributed by atoms with Crippen molar-refractivity contribution in [3.8, 4) is 0 Å². The highest BCUT2D eigenvalue weighted by molar-refractivity contribution is 6.35. The maximum absolute atomic E-state index is 13.5. The van der Waals surface area contributed by atoms with Gasteiger partial charge in [0.2, 0.25) is 0 Å². The molecule has 1 aliphatic carbocycles. The highest BCUT2D eigenvalue weighted by Gasteiger charge is 2.20. The van der Waals surface area contributed by atoms with Gasteiger partial charge in [-0.1, -0.05) is 23.2 Å². The van der Waals surface area contributed by atoms with E-state index in [-0.39, 0.29) is 11.1 Å². The topological polar surface area (TPSA) is 21.3 Å². The van der Waals surface area contributed by atoms with Gasteiger partial charge in [0.05, 0.1) is 5.02 Å². The normalized spacial score (nSPS) is 16.4. The van der Waals surface area contributed by atoms with E-state index in [1.807, 2.05) is 6.92 Å². The van der Waals surface area contributed by atoms with E-state index in [1.54, 1.807) is 0 Å². The number of ether oxygens (including phenoxy) is 1. The van der Waals surface area contributed by atoms with Gasteiger partial charge >= 0.3 is 0 Å². The number of nitrogens with one attached hydrogen (secondary N) is 1. The molecule has 1 fully saturated rings. The fourth-order valence-corrected chi connectivity index (χ4v) is 2.55. The van der Waals surface area contributed by atoms with Gasteiger partial charge in [0, 0.05) is 24.3 Å². The lowest BCUT2D eigenvalue weighted by molar-refractivity contribution is 0.121. The molecule has 1 N–H and O–H groups in total. The number of benzene rings is 1. The smallest absolute Gasteiger partial charge is 0.142 e. The molecule has 112 valence electrons. The van der Waals surface area contributed by atoms with Crippen LogP contribution in [-0.4, -0.2) is 19.8 Å². The number of halogens is 3. The van der Waals surface area contributed by atoms with E-state index >= 15 is 0 Å². The first kappa shape index (κ1) is 16.0. The standard InChI is InChI=1S/C15H20Cl2FNO/c1-10(12-7-15(18)14(17)8-13(12)16)19-5-2-6-20-9-11-3-4-11/h7-8,10-11,19H,2-6,9H2,1H3. The Morgan fingerprint density at radius 1 is 1.35 bits per heavy atom. The first-order chi connectivity index (χ1) is 9.58. The van der Waals surface area contributed by atoms with Gasteiger partial charge in [-0.2, -0.15) is 0 Å². The average molecular weight is 320 g/mol. The molecule has 5 heteroatoms. The summed E-state index contributed by atoms with van der Waals surface area (Å²) >= 11 is 11.8. The van der Waals surface area contributed by atoms with Crippen LogP contribution in [0.25, 0.3) is 0 Å². The van der Waals surface area contributed by atoms with Crippen molar-refractivity contribution in [2.75, 3.05) is 19.8 Å². The van der Waals surface area contributed by atoms with Gasteiger partial charge in [-0.25, -0.2) is 4.39 Å². The molecule has 0 amide bonds. The fraction of sp³-hybridized carbons (Fsp3) is 0.600. The van der Waals surface area contributed by atoms with Gasteiger partial charge in [-0.3, -0.25) is 0 Å². The van der Waals surface area contributed by atoms with Crippen molar-refractivity contribution < 1.29 is 9.13 Å². The Kier molecular flexibility index (Phi) is 6.09. The summed E-state index contributed by atoms with van der Waals surface area (Å²) in [6.45, 7) is 4.43. The van der Waals surface area contributed by atoms with Gasteiger partial charge in [0.15, 0.2) is 0 Å². The quantitative estimate of drug-likeness (QED) is 0.558. The van der Waals surface area contributed by atoms with Crippen molar-refractivity contribution >= 4 is 23.2 Å². The third-order valence-electron chi connectivity index (χ3n) is 3.47. The Bertz CT molecular complexity index is 452. The van der Waals surface area contributed by atoms with Crippen LogP contribution in [0.3, 0.4) is 0 Å². The van der Waals surface area contributed by atoms with Gasteiger partial charge in [0.25, 0.3) is 0 Å². The minimum Gasteiger partial charge on any atom is -0.381 e. The summed E-state index contributed by atoms with van der Waals surface area (Å²) in [5.41, 5.74) is 0.729. The van der Waals surface area contributed by atoms with Crippen molar-refractivity contribution in [3.63, 3.8) is 0 Å². The highest BCUT2D eigenvalue weighted by Crippen LogP contribution is 2.29. The van der Waals surface area contributed by atoms with E-state index in [2.05, 4.69) is 5.32 Å². The molecular weight excluding hydrogens is 300 g/mol. The average Bonchev–Trinajstić information content (AvgIpc) is 3.21. The molecule has 0 aliphatic heterocycles. The van der Waals surface area contributed by atoms with Crippen LogP contribution in [0.4, 0.5) is 4.39 Å². The predicted molar refractivity (Wildman–Crippen MR) is 81.0 cm³/mol. The molecule has 20 heavy (non-hydrogen) atoms. The summed E-state index contributed by atoms with van der Waals surface area (Å²) in [4.78, 5) is 0. The van der Waals surface area contributed by atoms with E-state index < -0.39 is 5.82 Å². The first-order valence-electron chi connectivity index (χ1n) is 7.03. The van der Waals surface area contributed by atoms with Crippen LogP contribution >= 0.6 is 23.2 Å². The zero-order valence-corrected chi connectivity index (χ0v) is 13.1. The molecule has 1 atom stereocenters. The summed E-state index contributed by atoms with van der Waals surface area (Å²) in [6.07, 6.45) is 3.57. The van der Waals surface area contributed by atoms with Crippen LogP contribution < -0.4 is 5.32 Å². The Morgan fingerprint density at radius 3 is 2.80 bits per heavy atom. The molecule has 0 saturated heterocycles. The van der Waals surface area contributed by atoms with Gasteiger partial charge < -0.3 is 10.1 Å². The Balaban J connectivity index is 1.70. The summed E-state index contributed by atoms with van der Waals surface area (Å²) in [5.74, 6) is 0.366. The molecule has 1 unspecified atom stereocenters. The van der Waals surface area contributed by atoms with Crippen molar-refractivity contribution in [1.82, 2.24) is 5.32 Å². The van der Waals surface area contributed by atoms with Crippen LogP contribution in [0.5, 0.6) is 0 Å². The fourth-order valence-electron chi connectivity index (χ4n) is 2.01. The van der Waals surface area contributed by atoms with Gasteiger partial charge in [-0.15, -0.1) is 0 Å². The zero-order chi connectivity index (χ0) is 14.5. The monoisotopic (exact) mass is 319 g/mol. The third kappa shape index (κ3) is 4.88. The lowest BCUT2D eigenvalue weighted by atomic mass is 10.1. The number of hydrogen-bond donors (Lipinski definition) is 1. The molecule has 0 bridgehead atoms. The molecule has 0 spiro atoms. The van der Waals surface area contributed by atoms with Crippen LogP contribution in [0, 0.1) is 11.7 Å². The second kappa shape index (κ2) is 7.60. The highest BCUT2D eigenvalue weighted by atomic mass is 35.5. The van der Waals surface area contributed by atoms with Crippen LogP contribution in [0.15, 0.2) is 12.1 Å². The van der Waals surface area contributed by atoms with Crippen LogP contribution in [-0.2, 0) is 4.74 Å². The minimum atomic E-state index is -0.438. The van der Waals surface area contributed by atoms with Crippen molar-refractivity contribution in [2.24, 2.45) is 5.92 Å². The van der Waals surface area contributed by atoms with Crippen molar-refractivity contribution in [1.29, 1.82) is 0 Å². The largest absolute Gasteiger partial charge is 0.381 e. The summed E-state index contributed by atoms with van der Waals surface area (Å²) in [6, 6.07) is 2.83. The molecule has 0 aromatic heterocycles.